The predicted octanol–water partition coefficient (Wildman–Crippen LogP) is 23.0. The van der Waals surface area contributed by atoms with Gasteiger partial charge in [0.15, 0.2) is 12.2 Å². The molecular weight excluding hydrogens is 1310 g/mol. The van der Waals surface area contributed by atoms with Crippen molar-refractivity contribution in [2.45, 2.75) is 367 Å². The number of hydrogen-bond acceptors (Lipinski definition) is 15. The van der Waals surface area contributed by atoms with Crippen LogP contribution >= 0.6 is 15.6 Å². The van der Waals surface area contributed by atoms with Gasteiger partial charge < -0.3 is 33.8 Å². The van der Waals surface area contributed by atoms with Crippen LogP contribution < -0.4 is 0 Å². The number of ether oxygens (including phenoxy) is 4. The Morgan fingerprint density at radius 2 is 0.520 bits per heavy atom. The van der Waals surface area contributed by atoms with Gasteiger partial charge in [0.2, 0.25) is 0 Å². The Morgan fingerprint density at radius 1 is 0.290 bits per heavy atom. The zero-order chi connectivity index (χ0) is 73.2. The molecule has 0 aliphatic rings. The molecule has 100 heavy (non-hydrogen) atoms. The van der Waals surface area contributed by atoms with Crippen LogP contribution in [0, 0.1) is 0 Å². The maximum absolute atomic E-state index is 13.1. The molecule has 0 aliphatic heterocycles. The van der Waals surface area contributed by atoms with E-state index in [0.29, 0.717) is 25.7 Å². The summed E-state index contributed by atoms with van der Waals surface area (Å²) >= 11 is 0. The number of rotatable bonds is 75. The van der Waals surface area contributed by atoms with Crippen molar-refractivity contribution in [3.63, 3.8) is 0 Å². The zero-order valence-corrected chi connectivity index (χ0v) is 65.2. The number of carbonyl (C=O) groups excluding carboxylic acids is 4. The molecule has 0 saturated heterocycles. The minimum Gasteiger partial charge on any atom is -0.462 e. The number of esters is 4. The van der Waals surface area contributed by atoms with E-state index in [1.165, 1.54) is 103 Å². The second-order valence-electron chi connectivity index (χ2n) is 26.6. The molecule has 0 aromatic heterocycles. The average Bonchev–Trinajstić information content (AvgIpc) is 0.953. The highest BCUT2D eigenvalue weighted by atomic mass is 31.2. The Balaban J connectivity index is 5.30. The molecule has 3 N–H and O–H groups in total. The van der Waals surface area contributed by atoms with Crippen LogP contribution in [0.5, 0.6) is 0 Å². The summed E-state index contributed by atoms with van der Waals surface area (Å²) < 4.78 is 68.6. The van der Waals surface area contributed by atoms with Gasteiger partial charge in [-0.1, -0.05) is 312 Å². The van der Waals surface area contributed by atoms with Crippen molar-refractivity contribution in [2.75, 3.05) is 39.6 Å². The lowest BCUT2D eigenvalue weighted by Crippen LogP contribution is -2.30. The van der Waals surface area contributed by atoms with Gasteiger partial charge in [-0.15, -0.1) is 0 Å². The molecule has 0 aliphatic carbocycles. The first-order valence-electron chi connectivity index (χ1n) is 39.8. The predicted molar refractivity (Wildman–Crippen MR) is 409 cm³/mol. The number of hydrogen-bond donors (Lipinski definition) is 3. The van der Waals surface area contributed by atoms with Gasteiger partial charge in [-0.25, -0.2) is 9.13 Å². The summed E-state index contributed by atoms with van der Waals surface area (Å²) in [6.45, 7) is 4.67. The standard InChI is InChI=1S/C81H144O17P2/c1-5-9-13-17-21-25-29-32-35-36-37-38-41-43-47-50-54-58-62-66-79(84)91-71-76(97-80(85)67-63-59-55-51-45-28-24-20-16-12-8-4)73-95-99(87,88)93-69-75(82)70-94-100(89,90)96-74-77(98-81(86)68-64-60-56-52-48-44-40-34-31-27-23-19-15-11-7-3)72-92-78(83)65-61-57-53-49-46-42-39-33-30-26-22-18-14-10-6-2/h9-10,13-14,21-22,25-26,32-33,35,37-39,75-77,82H,5-8,11-12,15-20,23-24,27-31,34,36,40-74H2,1-4H3,(H,87,88)(H,89,90)/b13-9-,14-10-,25-21-,26-22-,35-32-,38-37-,39-33-. The van der Waals surface area contributed by atoms with E-state index >= 15 is 0 Å². The van der Waals surface area contributed by atoms with E-state index in [9.17, 15) is 43.2 Å². The van der Waals surface area contributed by atoms with Crippen LogP contribution in [0.2, 0.25) is 0 Å². The van der Waals surface area contributed by atoms with Crippen LogP contribution in [-0.4, -0.2) is 96.7 Å². The van der Waals surface area contributed by atoms with Crippen molar-refractivity contribution in [2.24, 2.45) is 0 Å². The topological polar surface area (TPSA) is 237 Å². The van der Waals surface area contributed by atoms with Gasteiger partial charge in [-0.2, -0.15) is 0 Å². The summed E-state index contributed by atoms with van der Waals surface area (Å²) in [5.74, 6) is -2.18. The van der Waals surface area contributed by atoms with Crippen molar-refractivity contribution >= 4 is 39.5 Å². The summed E-state index contributed by atoms with van der Waals surface area (Å²) in [7, 11) is -9.95. The van der Waals surface area contributed by atoms with Gasteiger partial charge in [-0.3, -0.25) is 37.3 Å². The second kappa shape index (κ2) is 73.5. The summed E-state index contributed by atoms with van der Waals surface area (Å²) in [6, 6.07) is 0. The van der Waals surface area contributed by atoms with Crippen molar-refractivity contribution in [1.82, 2.24) is 0 Å². The summed E-state index contributed by atoms with van der Waals surface area (Å²) in [6.07, 6.45) is 75.6. The molecular formula is C81H144O17P2. The summed E-state index contributed by atoms with van der Waals surface area (Å²) in [4.78, 5) is 72.9. The molecule has 0 radical (unpaired) electrons. The molecule has 0 heterocycles. The van der Waals surface area contributed by atoms with Crippen molar-refractivity contribution in [1.29, 1.82) is 0 Å². The fourth-order valence-electron chi connectivity index (χ4n) is 10.9. The van der Waals surface area contributed by atoms with Crippen molar-refractivity contribution < 1.29 is 80.2 Å². The smallest absolute Gasteiger partial charge is 0.462 e. The third-order valence-electron chi connectivity index (χ3n) is 16.9. The maximum atomic E-state index is 13.1. The highest BCUT2D eigenvalue weighted by Crippen LogP contribution is 2.45. The van der Waals surface area contributed by atoms with E-state index in [0.717, 1.165) is 167 Å². The molecule has 0 aromatic rings. The molecule has 0 rings (SSSR count). The molecule has 5 unspecified atom stereocenters. The maximum Gasteiger partial charge on any atom is 0.472 e. The van der Waals surface area contributed by atoms with Crippen LogP contribution in [0.1, 0.15) is 349 Å². The normalized spacial score (nSPS) is 14.3. The zero-order valence-electron chi connectivity index (χ0n) is 63.4. The molecule has 580 valence electrons. The fourth-order valence-corrected chi connectivity index (χ4v) is 12.5. The third-order valence-corrected chi connectivity index (χ3v) is 18.8. The molecule has 0 saturated carbocycles. The Kier molecular flexibility index (Phi) is 70.8. The molecule has 0 aromatic carbocycles. The molecule has 0 fully saturated rings. The monoisotopic (exact) mass is 1450 g/mol. The number of aliphatic hydroxyl groups excluding tert-OH is 1. The van der Waals surface area contributed by atoms with E-state index in [1.807, 2.05) is 0 Å². The summed E-state index contributed by atoms with van der Waals surface area (Å²) in [5.41, 5.74) is 0. The van der Waals surface area contributed by atoms with Crippen LogP contribution in [-0.2, 0) is 65.4 Å². The van der Waals surface area contributed by atoms with Crippen LogP contribution in [0.15, 0.2) is 85.1 Å². The number of phosphoric acid groups is 2. The van der Waals surface area contributed by atoms with Gasteiger partial charge in [0, 0.05) is 25.7 Å². The van der Waals surface area contributed by atoms with E-state index in [1.54, 1.807) is 0 Å². The highest BCUT2D eigenvalue weighted by Gasteiger charge is 2.30. The summed E-state index contributed by atoms with van der Waals surface area (Å²) in [5, 5.41) is 10.6. The Bertz CT molecular complexity index is 2230. The Hall–Kier alpha value is -3.76. The van der Waals surface area contributed by atoms with Crippen LogP contribution in [0.4, 0.5) is 0 Å². The van der Waals surface area contributed by atoms with Crippen molar-refractivity contribution in [3.8, 4) is 0 Å². The molecule has 5 atom stereocenters. The minimum absolute atomic E-state index is 0.0952. The lowest BCUT2D eigenvalue weighted by atomic mass is 10.0. The molecule has 0 bridgehead atoms. The van der Waals surface area contributed by atoms with Crippen LogP contribution in [0.3, 0.4) is 0 Å². The number of carbonyl (C=O) groups is 4. The molecule has 19 heteroatoms. The van der Waals surface area contributed by atoms with Crippen molar-refractivity contribution in [3.05, 3.63) is 85.1 Å². The van der Waals surface area contributed by atoms with Gasteiger partial charge in [0.1, 0.15) is 19.3 Å². The quantitative estimate of drug-likeness (QED) is 0.0169. The highest BCUT2D eigenvalue weighted by molar-refractivity contribution is 7.47. The SMILES string of the molecule is CC/C=C\C/C=C\C/C=C\C/C=C\CCCCCCCCC(=O)OCC(COP(=O)(O)OCC(O)COP(=O)(O)OCC(COC(=O)CCCCCCC/C=C\C/C=C\C/C=C\CC)OC(=O)CCCCCCCCCCCCCCCCC)OC(=O)CCCCCCCCCCCCC. The second-order valence-corrected chi connectivity index (χ2v) is 29.5. The first-order chi connectivity index (χ1) is 48.7. The van der Waals surface area contributed by atoms with E-state index in [2.05, 4.69) is 113 Å². The third kappa shape index (κ3) is 72.6. The average molecular weight is 1450 g/mol. The minimum atomic E-state index is -4.97. The number of unbranched alkanes of at least 4 members (excludes halogenated alkanes) is 35. The number of aliphatic hydroxyl groups is 1. The Labute approximate surface area is 608 Å². The van der Waals surface area contributed by atoms with Crippen LogP contribution in [0.25, 0.3) is 0 Å². The number of allylic oxidation sites excluding steroid dienone is 14. The molecule has 0 spiro atoms. The van der Waals surface area contributed by atoms with E-state index in [4.69, 9.17) is 37.0 Å². The fraction of sp³-hybridized carbons (Fsp3) is 0.778. The van der Waals surface area contributed by atoms with Gasteiger partial charge in [0.25, 0.3) is 0 Å². The largest absolute Gasteiger partial charge is 0.472 e. The number of phosphoric ester groups is 2. The lowest BCUT2D eigenvalue weighted by molar-refractivity contribution is -0.161. The lowest BCUT2D eigenvalue weighted by Gasteiger charge is -2.21. The van der Waals surface area contributed by atoms with Gasteiger partial charge >= 0.3 is 39.5 Å². The Morgan fingerprint density at radius 3 is 0.800 bits per heavy atom. The molecule has 0 amide bonds. The van der Waals surface area contributed by atoms with E-state index < -0.39 is 97.5 Å². The first kappa shape index (κ1) is 96.2. The first-order valence-corrected chi connectivity index (χ1v) is 42.8. The van der Waals surface area contributed by atoms with Gasteiger partial charge in [-0.05, 0) is 96.3 Å². The van der Waals surface area contributed by atoms with E-state index in [-0.39, 0.29) is 25.7 Å². The molecule has 17 nitrogen and oxygen atoms in total. The van der Waals surface area contributed by atoms with Gasteiger partial charge in [0.05, 0.1) is 26.4 Å².